The molecule has 0 radical (unpaired) electrons. The fourth-order valence-corrected chi connectivity index (χ4v) is 3.39. The molecule has 178 valence electrons. The smallest absolute Gasteiger partial charge is 0.387 e. The summed E-state index contributed by atoms with van der Waals surface area (Å²) in [6, 6.07) is 6.17. The number of alkyl halides is 6. The fraction of sp³-hybridized carbons (Fsp3) is 0.522. The van der Waals surface area contributed by atoms with Crippen molar-refractivity contribution in [1.82, 2.24) is 9.88 Å². The Morgan fingerprint density at radius 2 is 1.50 bits per heavy atom. The first-order valence-corrected chi connectivity index (χ1v) is 10.6. The quantitative estimate of drug-likeness (QED) is 0.398. The highest BCUT2D eigenvalue weighted by Crippen LogP contribution is 2.38. The van der Waals surface area contributed by atoms with E-state index in [1.165, 1.54) is 6.07 Å². The Bertz CT molecular complexity index is 858. The zero-order valence-corrected chi connectivity index (χ0v) is 18.1. The van der Waals surface area contributed by atoms with Crippen molar-refractivity contribution in [1.29, 1.82) is 0 Å². The molecule has 1 aromatic heterocycles. The van der Waals surface area contributed by atoms with Gasteiger partial charge in [0, 0.05) is 12.1 Å². The van der Waals surface area contributed by atoms with Crippen LogP contribution in [0.5, 0.6) is 0 Å². The number of halogens is 6. The van der Waals surface area contributed by atoms with Gasteiger partial charge < -0.3 is 10.0 Å². The molecule has 0 spiro atoms. The van der Waals surface area contributed by atoms with Crippen LogP contribution in [-0.4, -0.2) is 34.6 Å². The molecule has 1 aromatic carbocycles. The Labute approximate surface area is 184 Å². The van der Waals surface area contributed by atoms with Crippen molar-refractivity contribution in [2.75, 3.05) is 19.6 Å². The molecule has 32 heavy (non-hydrogen) atoms. The number of unbranched alkanes of at least 4 members (excludes halogenated alkanes) is 2. The number of aromatic nitrogens is 1. The van der Waals surface area contributed by atoms with Crippen LogP contribution in [-0.2, 0) is 12.4 Å². The molecule has 0 saturated carbocycles. The van der Waals surface area contributed by atoms with E-state index in [1.54, 1.807) is 0 Å². The third kappa shape index (κ3) is 7.20. The number of nitrogens with zero attached hydrogens (tertiary/aromatic N) is 2. The number of pyridine rings is 1. The fourth-order valence-electron chi connectivity index (χ4n) is 3.39. The Morgan fingerprint density at radius 3 is 2.03 bits per heavy atom. The predicted molar refractivity (Wildman–Crippen MR) is 111 cm³/mol. The SMILES string of the molecule is CCCCN(CCCC)CC(O)c1cc(-c2ccccc2C(F)(F)F)nc(C(F)(F)F)c1. The highest BCUT2D eigenvalue weighted by atomic mass is 19.4. The van der Waals surface area contributed by atoms with Gasteiger partial charge in [-0.3, -0.25) is 0 Å². The second kappa shape index (κ2) is 11.1. The minimum Gasteiger partial charge on any atom is -0.387 e. The number of rotatable bonds is 10. The van der Waals surface area contributed by atoms with Crippen LogP contribution < -0.4 is 0 Å². The van der Waals surface area contributed by atoms with Gasteiger partial charge in [-0.15, -0.1) is 0 Å². The Hall–Kier alpha value is -2.13. The van der Waals surface area contributed by atoms with Crippen molar-refractivity contribution in [3.63, 3.8) is 0 Å². The molecule has 1 N–H and O–H groups in total. The first-order valence-electron chi connectivity index (χ1n) is 10.6. The predicted octanol–water partition coefficient (Wildman–Crippen LogP) is 6.72. The summed E-state index contributed by atoms with van der Waals surface area (Å²) in [5, 5.41) is 10.7. The van der Waals surface area contributed by atoms with Crippen LogP contribution in [0.25, 0.3) is 11.3 Å². The van der Waals surface area contributed by atoms with Crippen molar-refractivity contribution in [2.45, 2.75) is 58.0 Å². The van der Waals surface area contributed by atoms with E-state index in [4.69, 9.17) is 0 Å². The molecular weight excluding hydrogens is 434 g/mol. The molecule has 0 bridgehead atoms. The van der Waals surface area contributed by atoms with E-state index in [-0.39, 0.29) is 12.1 Å². The summed E-state index contributed by atoms with van der Waals surface area (Å²) in [4.78, 5) is 5.43. The lowest BCUT2D eigenvalue weighted by molar-refractivity contribution is -0.141. The molecule has 0 aliphatic heterocycles. The molecule has 0 aliphatic rings. The summed E-state index contributed by atoms with van der Waals surface area (Å²) in [5.41, 5.74) is -3.48. The summed E-state index contributed by atoms with van der Waals surface area (Å²) in [5.74, 6) is 0. The molecule has 0 amide bonds. The van der Waals surface area contributed by atoms with Crippen molar-refractivity contribution in [3.05, 3.63) is 53.2 Å². The maximum atomic E-state index is 13.5. The van der Waals surface area contributed by atoms with Crippen LogP contribution >= 0.6 is 0 Å². The summed E-state index contributed by atoms with van der Waals surface area (Å²) in [6.07, 6.45) is -7.36. The van der Waals surface area contributed by atoms with Gasteiger partial charge in [0.15, 0.2) is 0 Å². The molecule has 0 aliphatic carbocycles. The molecule has 1 atom stereocenters. The first-order chi connectivity index (χ1) is 15.0. The van der Waals surface area contributed by atoms with Crippen LogP contribution in [0.2, 0.25) is 0 Å². The lowest BCUT2D eigenvalue weighted by Crippen LogP contribution is -2.31. The van der Waals surface area contributed by atoms with E-state index >= 15 is 0 Å². The first kappa shape index (κ1) is 26.1. The number of aliphatic hydroxyl groups is 1. The summed E-state index contributed by atoms with van der Waals surface area (Å²) in [7, 11) is 0. The Kier molecular flexibility index (Phi) is 9.09. The molecule has 2 aromatic rings. The maximum absolute atomic E-state index is 13.5. The number of benzene rings is 1. The van der Waals surface area contributed by atoms with Crippen LogP contribution in [0, 0.1) is 0 Å². The zero-order valence-electron chi connectivity index (χ0n) is 18.1. The molecule has 9 heteroatoms. The third-order valence-electron chi connectivity index (χ3n) is 5.12. The van der Waals surface area contributed by atoms with Crippen LogP contribution in [0.4, 0.5) is 26.3 Å². The number of hydrogen-bond acceptors (Lipinski definition) is 3. The van der Waals surface area contributed by atoms with E-state index < -0.39 is 41.0 Å². The average molecular weight is 462 g/mol. The van der Waals surface area contributed by atoms with Gasteiger partial charge in [0.25, 0.3) is 0 Å². The van der Waals surface area contributed by atoms with Gasteiger partial charge in [0.1, 0.15) is 5.69 Å². The molecule has 3 nitrogen and oxygen atoms in total. The van der Waals surface area contributed by atoms with Crippen molar-refractivity contribution >= 4 is 0 Å². The third-order valence-corrected chi connectivity index (χ3v) is 5.12. The topological polar surface area (TPSA) is 36.4 Å². The largest absolute Gasteiger partial charge is 0.433 e. The van der Waals surface area contributed by atoms with Gasteiger partial charge in [0.2, 0.25) is 0 Å². The van der Waals surface area contributed by atoms with Crippen LogP contribution in [0.1, 0.15) is 62.5 Å². The van der Waals surface area contributed by atoms with Gasteiger partial charge in [0.05, 0.1) is 17.4 Å². The summed E-state index contributed by atoms with van der Waals surface area (Å²) >= 11 is 0. The Balaban J connectivity index is 2.48. The van der Waals surface area contributed by atoms with Gasteiger partial charge in [-0.2, -0.15) is 26.3 Å². The second-order valence-electron chi connectivity index (χ2n) is 7.74. The molecule has 1 unspecified atom stereocenters. The lowest BCUT2D eigenvalue weighted by Gasteiger charge is -2.25. The average Bonchev–Trinajstić information content (AvgIpc) is 2.74. The van der Waals surface area contributed by atoms with E-state index in [9.17, 15) is 31.4 Å². The zero-order chi connectivity index (χ0) is 23.9. The van der Waals surface area contributed by atoms with Gasteiger partial charge in [-0.1, -0.05) is 44.9 Å². The highest BCUT2D eigenvalue weighted by molar-refractivity contribution is 5.65. The van der Waals surface area contributed by atoms with E-state index in [0.29, 0.717) is 19.2 Å². The maximum Gasteiger partial charge on any atom is 0.433 e. The molecule has 1 heterocycles. The van der Waals surface area contributed by atoms with Crippen molar-refractivity contribution in [3.8, 4) is 11.3 Å². The van der Waals surface area contributed by atoms with Gasteiger partial charge >= 0.3 is 12.4 Å². The van der Waals surface area contributed by atoms with Crippen molar-refractivity contribution in [2.24, 2.45) is 0 Å². The van der Waals surface area contributed by atoms with Gasteiger partial charge in [-0.05, 0) is 49.7 Å². The van der Waals surface area contributed by atoms with E-state index in [2.05, 4.69) is 4.98 Å². The summed E-state index contributed by atoms with van der Waals surface area (Å²) < 4.78 is 80.7. The number of hydrogen-bond donors (Lipinski definition) is 1. The standard InChI is InChI=1S/C23H28F6N2O/c1-3-5-11-31(12-6-4-2)15-20(32)16-13-19(30-21(14-16)23(27,28)29)17-9-7-8-10-18(17)22(24,25)26/h7-10,13-14,20,32H,3-6,11-12,15H2,1-2H3. The Morgan fingerprint density at radius 1 is 0.906 bits per heavy atom. The normalized spacial score (nSPS) is 13.6. The minimum atomic E-state index is -4.87. The molecule has 0 saturated heterocycles. The van der Waals surface area contributed by atoms with E-state index in [1.807, 2.05) is 18.7 Å². The van der Waals surface area contributed by atoms with E-state index in [0.717, 1.165) is 49.9 Å². The highest BCUT2D eigenvalue weighted by Gasteiger charge is 2.36. The second-order valence-corrected chi connectivity index (χ2v) is 7.74. The van der Waals surface area contributed by atoms with Gasteiger partial charge in [-0.25, -0.2) is 4.98 Å². The molecule has 0 fully saturated rings. The summed E-state index contributed by atoms with van der Waals surface area (Å²) in [6.45, 7) is 5.46. The lowest BCUT2D eigenvalue weighted by atomic mass is 9.99. The number of aliphatic hydroxyl groups excluding tert-OH is 1. The minimum absolute atomic E-state index is 0.0850. The molecule has 2 rings (SSSR count). The van der Waals surface area contributed by atoms with Crippen LogP contribution in [0.15, 0.2) is 36.4 Å². The van der Waals surface area contributed by atoms with Crippen molar-refractivity contribution < 1.29 is 31.4 Å². The van der Waals surface area contributed by atoms with Crippen LogP contribution in [0.3, 0.4) is 0 Å². The monoisotopic (exact) mass is 462 g/mol. The molecular formula is C23H28F6N2O.